The molecule has 0 aliphatic heterocycles. The summed E-state index contributed by atoms with van der Waals surface area (Å²) in [6.45, 7) is 4.22. The van der Waals surface area contributed by atoms with Crippen molar-refractivity contribution in [3.05, 3.63) is 58.3 Å². The molecule has 0 spiro atoms. The smallest absolute Gasteiger partial charge is 0.137 e. The second-order valence-electron chi connectivity index (χ2n) is 4.41. The van der Waals surface area contributed by atoms with Gasteiger partial charge in [-0.2, -0.15) is 0 Å². The van der Waals surface area contributed by atoms with Gasteiger partial charge in [-0.15, -0.1) is 0 Å². The maximum atomic E-state index is 4.72. The van der Waals surface area contributed by atoms with Crippen molar-refractivity contribution in [2.45, 2.75) is 13.8 Å². The molecule has 0 amide bonds. The lowest BCUT2D eigenvalue weighted by molar-refractivity contribution is 1.04. The summed E-state index contributed by atoms with van der Waals surface area (Å²) in [5.74, 6) is 0. The van der Waals surface area contributed by atoms with Crippen molar-refractivity contribution in [3.8, 4) is 11.3 Å². The fourth-order valence-electron chi connectivity index (χ4n) is 2.31. The first kappa shape index (κ1) is 11.5. The molecule has 0 fully saturated rings. The fraction of sp³-hybridized carbons (Fsp3) is 0.133. The zero-order valence-electron chi connectivity index (χ0n) is 10.3. The molecule has 1 aromatic carbocycles. The largest absolute Gasteiger partial charge is 0.301 e. The van der Waals surface area contributed by atoms with Gasteiger partial charge in [0.15, 0.2) is 0 Å². The highest BCUT2D eigenvalue weighted by Gasteiger charge is 2.10. The summed E-state index contributed by atoms with van der Waals surface area (Å²) in [5, 5.41) is 0. The third kappa shape index (κ3) is 1.75. The van der Waals surface area contributed by atoms with Crippen molar-refractivity contribution in [1.82, 2.24) is 9.38 Å². The average molecular weight is 301 g/mol. The van der Waals surface area contributed by atoms with Gasteiger partial charge in [0.05, 0.1) is 5.69 Å². The lowest BCUT2D eigenvalue weighted by Gasteiger charge is -2.02. The van der Waals surface area contributed by atoms with E-state index in [-0.39, 0.29) is 0 Å². The van der Waals surface area contributed by atoms with Gasteiger partial charge >= 0.3 is 0 Å². The van der Waals surface area contributed by atoms with E-state index in [9.17, 15) is 0 Å². The van der Waals surface area contributed by atoms with Crippen LogP contribution in [0.2, 0.25) is 0 Å². The van der Waals surface area contributed by atoms with Crippen molar-refractivity contribution >= 4 is 21.6 Å². The summed E-state index contributed by atoms with van der Waals surface area (Å²) in [7, 11) is 0. The Hall–Kier alpha value is -1.61. The van der Waals surface area contributed by atoms with Crippen LogP contribution in [-0.2, 0) is 0 Å². The van der Waals surface area contributed by atoms with Crippen molar-refractivity contribution in [3.63, 3.8) is 0 Å². The number of nitrogens with zero attached hydrogens (tertiary/aromatic N) is 2. The molecule has 0 atom stereocenters. The zero-order valence-corrected chi connectivity index (χ0v) is 11.9. The van der Waals surface area contributed by atoms with E-state index in [2.05, 4.69) is 52.4 Å². The lowest BCUT2D eigenvalue weighted by Crippen LogP contribution is -1.92. The number of fused-ring (bicyclic) bond motifs is 1. The van der Waals surface area contributed by atoms with Crippen LogP contribution in [0.5, 0.6) is 0 Å². The number of aromatic nitrogens is 2. The van der Waals surface area contributed by atoms with E-state index in [4.69, 9.17) is 4.98 Å². The molecule has 0 radical (unpaired) electrons. The number of benzene rings is 1. The van der Waals surface area contributed by atoms with Crippen LogP contribution >= 0.6 is 15.9 Å². The minimum absolute atomic E-state index is 1.01. The van der Waals surface area contributed by atoms with Crippen LogP contribution in [0.1, 0.15) is 11.4 Å². The molecule has 0 unspecified atom stereocenters. The van der Waals surface area contributed by atoms with Gasteiger partial charge in [0.25, 0.3) is 0 Å². The van der Waals surface area contributed by atoms with Gasteiger partial charge in [-0.3, -0.25) is 0 Å². The minimum atomic E-state index is 1.01. The monoisotopic (exact) mass is 300 g/mol. The summed E-state index contributed by atoms with van der Waals surface area (Å²) in [6.07, 6.45) is 0. The Morgan fingerprint density at radius 2 is 1.72 bits per heavy atom. The SMILES string of the molecule is Cc1cccc2nc(-c3ccc(Br)cc3)c(C)n12. The predicted molar refractivity (Wildman–Crippen MR) is 77.8 cm³/mol. The molecule has 0 aliphatic carbocycles. The van der Waals surface area contributed by atoms with Gasteiger partial charge in [-0.05, 0) is 38.1 Å². The van der Waals surface area contributed by atoms with Gasteiger partial charge in [0.2, 0.25) is 0 Å². The number of halogens is 1. The highest BCUT2D eigenvalue weighted by Crippen LogP contribution is 2.26. The lowest BCUT2D eigenvalue weighted by atomic mass is 10.1. The van der Waals surface area contributed by atoms with E-state index < -0.39 is 0 Å². The van der Waals surface area contributed by atoms with E-state index in [0.717, 1.165) is 21.4 Å². The molecule has 2 nitrogen and oxygen atoms in total. The number of pyridine rings is 1. The Labute approximate surface area is 114 Å². The Bertz CT molecular complexity index is 711. The van der Waals surface area contributed by atoms with Crippen LogP contribution in [0.25, 0.3) is 16.9 Å². The van der Waals surface area contributed by atoms with E-state index in [0.29, 0.717) is 0 Å². The summed E-state index contributed by atoms with van der Waals surface area (Å²) >= 11 is 3.46. The molecular weight excluding hydrogens is 288 g/mol. The molecule has 18 heavy (non-hydrogen) atoms. The third-order valence-electron chi connectivity index (χ3n) is 3.19. The quantitative estimate of drug-likeness (QED) is 0.652. The van der Waals surface area contributed by atoms with Crippen molar-refractivity contribution in [2.75, 3.05) is 0 Å². The molecule has 90 valence electrons. The fourth-order valence-corrected chi connectivity index (χ4v) is 2.57. The zero-order chi connectivity index (χ0) is 12.7. The standard InChI is InChI=1S/C15H13BrN2/c1-10-4-3-5-14-17-15(11(2)18(10)14)12-6-8-13(16)9-7-12/h3-9H,1-2H3. The van der Waals surface area contributed by atoms with Gasteiger partial charge in [-0.1, -0.05) is 34.1 Å². The molecule has 3 heteroatoms. The van der Waals surface area contributed by atoms with Gasteiger partial charge < -0.3 is 4.40 Å². The van der Waals surface area contributed by atoms with E-state index in [1.54, 1.807) is 0 Å². The van der Waals surface area contributed by atoms with Crippen molar-refractivity contribution < 1.29 is 0 Å². The van der Waals surface area contributed by atoms with Crippen molar-refractivity contribution in [2.24, 2.45) is 0 Å². The summed E-state index contributed by atoms with van der Waals surface area (Å²) in [6, 6.07) is 14.5. The van der Waals surface area contributed by atoms with Crippen LogP contribution in [-0.4, -0.2) is 9.38 Å². The molecular formula is C15H13BrN2. The van der Waals surface area contributed by atoms with Gasteiger partial charge in [-0.25, -0.2) is 4.98 Å². The topological polar surface area (TPSA) is 17.3 Å². The third-order valence-corrected chi connectivity index (χ3v) is 3.72. The van der Waals surface area contributed by atoms with E-state index in [1.807, 2.05) is 24.3 Å². The molecule has 2 aromatic heterocycles. The van der Waals surface area contributed by atoms with E-state index in [1.165, 1.54) is 11.4 Å². The Balaban J connectivity index is 2.27. The maximum Gasteiger partial charge on any atom is 0.137 e. The van der Waals surface area contributed by atoms with Crippen LogP contribution in [0, 0.1) is 13.8 Å². The molecule has 0 N–H and O–H groups in total. The van der Waals surface area contributed by atoms with E-state index >= 15 is 0 Å². The highest BCUT2D eigenvalue weighted by atomic mass is 79.9. The molecule has 3 rings (SSSR count). The first-order valence-corrected chi connectivity index (χ1v) is 6.67. The van der Waals surface area contributed by atoms with Gasteiger partial charge in [0.1, 0.15) is 5.65 Å². The van der Waals surface area contributed by atoms with Gasteiger partial charge in [0, 0.05) is 21.4 Å². The molecule has 3 aromatic rings. The predicted octanol–water partition coefficient (Wildman–Crippen LogP) is 4.38. The number of aryl methyl sites for hydroxylation is 2. The average Bonchev–Trinajstić information content (AvgIpc) is 2.69. The number of hydrogen-bond acceptors (Lipinski definition) is 1. The first-order chi connectivity index (χ1) is 8.66. The molecule has 0 bridgehead atoms. The first-order valence-electron chi connectivity index (χ1n) is 5.87. The second kappa shape index (κ2) is 4.25. The summed E-state index contributed by atoms with van der Waals surface area (Å²) in [5.41, 5.74) is 5.60. The Morgan fingerprint density at radius 1 is 1.00 bits per heavy atom. The number of hydrogen-bond donors (Lipinski definition) is 0. The van der Waals surface area contributed by atoms with Crippen LogP contribution in [0.15, 0.2) is 46.9 Å². The Morgan fingerprint density at radius 3 is 2.39 bits per heavy atom. The molecule has 0 saturated heterocycles. The number of imidazole rings is 1. The molecule has 0 saturated carbocycles. The van der Waals surface area contributed by atoms with Crippen LogP contribution in [0.4, 0.5) is 0 Å². The number of rotatable bonds is 1. The molecule has 0 aliphatic rings. The summed E-state index contributed by atoms with van der Waals surface area (Å²) in [4.78, 5) is 4.72. The minimum Gasteiger partial charge on any atom is -0.301 e. The molecule has 2 heterocycles. The second-order valence-corrected chi connectivity index (χ2v) is 5.33. The Kier molecular flexibility index (Phi) is 2.71. The van der Waals surface area contributed by atoms with Crippen LogP contribution in [0.3, 0.4) is 0 Å². The highest BCUT2D eigenvalue weighted by molar-refractivity contribution is 9.10. The summed E-state index contributed by atoms with van der Waals surface area (Å²) < 4.78 is 3.28. The maximum absolute atomic E-state index is 4.72. The van der Waals surface area contributed by atoms with Crippen LogP contribution < -0.4 is 0 Å². The normalized spacial score (nSPS) is 11.1. The van der Waals surface area contributed by atoms with Crippen molar-refractivity contribution in [1.29, 1.82) is 0 Å².